The van der Waals surface area contributed by atoms with Crippen molar-refractivity contribution in [1.82, 2.24) is 4.90 Å². The maximum atomic E-state index is 12.6. The van der Waals surface area contributed by atoms with E-state index in [0.717, 1.165) is 16.8 Å². The molecule has 1 heterocycles. The number of anilines is 1. The first-order chi connectivity index (χ1) is 10.4. The molecule has 1 aliphatic heterocycles. The van der Waals surface area contributed by atoms with Crippen LogP contribution in [0, 0.1) is 13.8 Å². The summed E-state index contributed by atoms with van der Waals surface area (Å²) in [4.78, 5) is 14.3. The minimum Gasteiger partial charge on any atom is -0.393 e. The van der Waals surface area contributed by atoms with Gasteiger partial charge in [0.15, 0.2) is 0 Å². The molecule has 2 unspecified atom stereocenters. The molecular formula is C16H23ClN2O3. The quantitative estimate of drug-likeness (QED) is 0.897. The highest BCUT2D eigenvalue weighted by atomic mass is 35.5. The number of carbonyl (C=O) groups excluding carboxylic acids is 1. The van der Waals surface area contributed by atoms with Crippen molar-refractivity contribution in [2.24, 2.45) is 0 Å². The van der Waals surface area contributed by atoms with E-state index in [0.29, 0.717) is 31.2 Å². The Bertz CT molecular complexity index is 525. The molecule has 1 aromatic rings. The van der Waals surface area contributed by atoms with Crippen molar-refractivity contribution < 1.29 is 14.6 Å². The van der Waals surface area contributed by atoms with E-state index in [4.69, 9.17) is 16.3 Å². The summed E-state index contributed by atoms with van der Waals surface area (Å²) in [7, 11) is 0. The fourth-order valence-electron chi connectivity index (χ4n) is 2.80. The first-order valence-corrected chi connectivity index (χ1v) is 7.86. The van der Waals surface area contributed by atoms with Crippen molar-refractivity contribution in [1.29, 1.82) is 0 Å². The number of urea groups is 1. The highest BCUT2D eigenvalue weighted by Gasteiger charge is 2.28. The summed E-state index contributed by atoms with van der Waals surface area (Å²) in [6.07, 6.45) is 0.0347. The number of aliphatic hydroxyl groups excluding tert-OH is 1. The van der Waals surface area contributed by atoms with Gasteiger partial charge in [0.25, 0.3) is 0 Å². The van der Waals surface area contributed by atoms with Crippen LogP contribution in [0.15, 0.2) is 12.1 Å². The molecule has 1 aromatic carbocycles. The van der Waals surface area contributed by atoms with Crippen molar-refractivity contribution in [2.75, 3.05) is 25.1 Å². The Hall–Kier alpha value is -1.30. The molecule has 122 valence electrons. The molecule has 2 rings (SSSR count). The fourth-order valence-corrected chi connectivity index (χ4v) is 3.13. The van der Waals surface area contributed by atoms with Gasteiger partial charge in [-0.25, -0.2) is 4.79 Å². The number of hydrogen-bond acceptors (Lipinski definition) is 3. The van der Waals surface area contributed by atoms with Crippen LogP contribution in [0.1, 0.15) is 24.5 Å². The zero-order valence-corrected chi connectivity index (χ0v) is 14.0. The average Bonchev–Trinajstić information content (AvgIpc) is 2.42. The second-order valence-corrected chi connectivity index (χ2v) is 6.29. The summed E-state index contributed by atoms with van der Waals surface area (Å²) < 4.78 is 5.43. The van der Waals surface area contributed by atoms with Gasteiger partial charge in [-0.2, -0.15) is 0 Å². The van der Waals surface area contributed by atoms with Gasteiger partial charge in [-0.1, -0.05) is 11.6 Å². The Morgan fingerprint density at radius 3 is 2.73 bits per heavy atom. The number of benzene rings is 1. The van der Waals surface area contributed by atoms with Crippen molar-refractivity contribution in [3.8, 4) is 0 Å². The lowest BCUT2D eigenvalue weighted by molar-refractivity contribution is -0.00161. The molecule has 0 aromatic heterocycles. The van der Waals surface area contributed by atoms with Crippen LogP contribution in [0.25, 0.3) is 0 Å². The molecule has 1 aliphatic rings. The zero-order valence-electron chi connectivity index (χ0n) is 13.2. The van der Waals surface area contributed by atoms with Gasteiger partial charge in [-0.05, 0) is 50.5 Å². The maximum absolute atomic E-state index is 12.6. The van der Waals surface area contributed by atoms with Crippen LogP contribution in [0.3, 0.4) is 0 Å². The number of amides is 2. The van der Waals surface area contributed by atoms with E-state index >= 15 is 0 Å². The van der Waals surface area contributed by atoms with Gasteiger partial charge in [0.05, 0.1) is 25.4 Å². The minimum absolute atomic E-state index is 0.110. The lowest BCUT2D eigenvalue weighted by Crippen LogP contribution is -2.51. The van der Waals surface area contributed by atoms with E-state index in [1.807, 2.05) is 26.0 Å². The number of ether oxygens (including phenoxy) is 1. The second kappa shape index (κ2) is 7.31. The molecule has 1 fully saturated rings. The average molecular weight is 327 g/mol. The number of hydrogen-bond donors (Lipinski definition) is 2. The molecule has 0 saturated carbocycles. The maximum Gasteiger partial charge on any atom is 0.322 e. The third-order valence-electron chi connectivity index (χ3n) is 3.83. The summed E-state index contributed by atoms with van der Waals surface area (Å²) in [6.45, 7) is 7.05. The first kappa shape index (κ1) is 17.1. The van der Waals surface area contributed by atoms with Crippen molar-refractivity contribution >= 4 is 23.3 Å². The van der Waals surface area contributed by atoms with Crippen molar-refractivity contribution in [2.45, 2.75) is 39.3 Å². The van der Waals surface area contributed by atoms with Gasteiger partial charge in [0, 0.05) is 17.3 Å². The predicted molar refractivity (Wildman–Crippen MR) is 87.6 cm³/mol. The largest absolute Gasteiger partial charge is 0.393 e. The summed E-state index contributed by atoms with van der Waals surface area (Å²) in [5.41, 5.74) is 2.65. The molecule has 0 bridgehead atoms. The molecule has 0 radical (unpaired) electrons. The van der Waals surface area contributed by atoms with E-state index in [1.165, 1.54) is 0 Å². The van der Waals surface area contributed by atoms with Gasteiger partial charge in [0.2, 0.25) is 0 Å². The highest BCUT2D eigenvalue weighted by molar-refractivity contribution is 6.30. The standard InChI is InChI=1S/C16H23ClN2O3/c1-10-6-13(17)7-11(2)15(10)18-16(21)19-4-5-22-9-14(19)8-12(3)20/h6-7,12,14,20H,4-5,8-9H2,1-3H3,(H,18,21). The van der Waals surface area contributed by atoms with E-state index < -0.39 is 6.10 Å². The smallest absolute Gasteiger partial charge is 0.322 e. The summed E-state index contributed by atoms with van der Waals surface area (Å²) >= 11 is 6.02. The number of aryl methyl sites for hydroxylation is 2. The normalized spacial score (nSPS) is 19.9. The summed E-state index contributed by atoms with van der Waals surface area (Å²) in [5.74, 6) is 0. The Labute approximate surface area is 136 Å². The van der Waals surface area contributed by atoms with Gasteiger partial charge in [-0.3, -0.25) is 0 Å². The van der Waals surface area contributed by atoms with Crippen LogP contribution in [-0.2, 0) is 4.74 Å². The Morgan fingerprint density at radius 2 is 2.14 bits per heavy atom. The number of rotatable bonds is 3. The first-order valence-electron chi connectivity index (χ1n) is 7.48. The van der Waals surface area contributed by atoms with Crippen LogP contribution >= 0.6 is 11.6 Å². The molecule has 0 aliphatic carbocycles. The van der Waals surface area contributed by atoms with E-state index in [9.17, 15) is 9.90 Å². The zero-order chi connectivity index (χ0) is 16.3. The topological polar surface area (TPSA) is 61.8 Å². The molecule has 0 spiro atoms. The number of nitrogens with one attached hydrogen (secondary N) is 1. The minimum atomic E-state index is -0.471. The lowest BCUT2D eigenvalue weighted by atomic mass is 10.1. The van der Waals surface area contributed by atoms with E-state index in [1.54, 1.807) is 11.8 Å². The summed E-state index contributed by atoms with van der Waals surface area (Å²) in [5, 5.41) is 13.2. The molecule has 5 nitrogen and oxygen atoms in total. The Kier molecular flexibility index (Phi) is 5.67. The molecule has 2 amide bonds. The van der Waals surface area contributed by atoms with Crippen LogP contribution in [0.2, 0.25) is 5.02 Å². The van der Waals surface area contributed by atoms with Gasteiger partial charge in [-0.15, -0.1) is 0 Å². The molecule has 1 saturated heterocycles. The second-order valence-electron chi connectivity index (χ2n) is 5.85. The highest BCUT2D eigenvalue weighted by Crippen LogP contribution is 2.25. The number of carbonyl (C=O) groups is 1. The molecule has 6 heteroatoms. The van der Waals surface area contributed by atoms with Gasteiger partial charge >= 0.3 is 6.03 Å². The predicted octanol–water partition coefficient (Wildman–Crippen LogP) is 2.96. The van der Waals surface area contributed by atoms with Crippen LogP contribution in [0.5, 0.6) is 0 Å². The monoisotopic (exact) mass is 326 g/mol. The van der Waals surface area contributed by atoms with Gasteiger partial charge < -0.3 is 20.1 Å². The molecule has 22 heavy (non-hydrogen) atoms. The fraction of sp³-hybridized carbons (Fsp3) is 0.562. The van der Waals surface area contributed by atoms with Crippen LogP contribution in [-0.4, -0.2) is 47.9 Å². The van der Waals surface area contributed by atoms with Crippen molar-refractivity contribution in [3.63, 3.8) is 0 Å². The number of halogens is 1. The molecule has 2 atom stereocenters. The van der Waals surface area contributed by atoms with Crippen molar-refractivity contribution in [3.05, 3.63) is 28.3 Å². The number of aliphatic hydroxyl groups is 1. The summed E-state index contributed by atoms with van der Waals surface area (Å²) in [6, 6.07) is 3.39. The van der Waals surface area contributed by atoms with Crippen LogP contribution < -0.4 is 5.32 Å². The lowest BCUT2D eigenvalue weighted by Gasteiger charge is -2.36. The van der Waals surface area contributed by atoms with E-state index in [2.05, 4.69) is 5.32 Å². The van der Waals surface area contributed by atoms with Crippen LogP contribution in [0.4, 0.5) is 10.5 Å². The van der Waals surface area contributed by atoms with Gasteiger partial charge in [0.1, 0.15) is 0 Å². The molecule has 2 N–H and O–H groups in total. The number of morpholine rings is 1. The Morgan fingerprint density at radius 1 is 1.50 bits per heavy atom. The van der Waals surface area contributed by atoms with E-state index in [-0.39, 0.29) is 12.1 Å². The number of nitrogens with zero attached hydrogens (tertiary/aromatic N) is 1. The SMILES string of the molecule is Cc1cc(Cl)cc(C)c1NC(=O)N1CCOCC1CC(C)O. The molecular weight excluding hydrogens is 304 g/mol. The third-order valence-corrected chi connectivity index (χ3v) is 4.05. The third kappa shape index (κ3) is 4.12. The Balaban J connectivity index is 2.13.